The maximum absolute atomic E-state index is 11.0. The number of nitrogen functional groups attached to an aromatic ring is 1. The predicted octanol–water partition coefficient (Wildman–Crippen LogP) is 0.906. The normalized spacial score (nSPS) is 10.9. The van der Waals surface area contributed by atoms with Crippen molar-refractivity contribution >= 4 is 23.2 Å². The van der Waals surface area contributed by atoms with Gasteiger partial charge in [-0.2, -0.15) is 5.10 Å². The number of nitrogens with zero attached hydrogens (tertiary/aromatic N) is 1. The first-order valence-corrected chi connectivity index (χ1v) is 5.11. The summed E-state index contributed by atoms with van der Waals surface area (Å²) in [5, 5.41) is 6.45. The molecule has 0 saturated heterocycles. The van der Waals surface area contributed by atoms with E-state index in [1.165, 1.54) is 0 Å². The van der Waals surface area contributed by atoms with Crippen molar-refractivity contribution < 1.29 is 9.21 Å². The van der Waals surface area contributed by atoms with Crippen LogP contribution in [0.2, 0.25) is 0 Å². The number of hydrogen-bond donors (Lipinski definition) is 3. The third-order valence-corrected chi connectivity index (χ3v) is 2.66. The minimum absolute atomic E-state index is 0.135. The van der Waals surface area contributed by atoms with Gasteiger partial charge in [-0.1, -0.05) is 6.07 Å². The highest BCUT2D eigenvalue weighted by Gasteiger charge is 2.13. The highest BCUT2D eigenvalue weighted by molar-refractivity contribution is 5.92. The molecular formula is C11H8N4O3. The van der Waals surface area contributed by atoms with Crippen molar-refractivity contribution in [3.63, 3.8) is 0 Å². The molecule has 0 amide bonds. The fourth-order valence-electron chi connectivity index (χ4n) is 1.80. The van der Waals surface area contributed by atoms with Crippen molar-refractivity contribution in [2.45, 2.75) is 0 Å². The Labute approximate surface area is 99.6 Å². The Balaban J connectivity index is 2.24. The van der Waals surface area contributed by atoms with Crippen LogP contribution in [-0.2, 0) is 0 Å². The van der Waals surface area contributed by atoms with E-state index in [9.17, 15) is 9.59 Å². The first-order valence-electron chi connectivity index (χ1n) is 5.11. The van der Waals surface area contributed by atoms with E-state index in [4.69, 9.17) is 10.2 Å². The van der Waals surface area contributed by atoms with Gasteiger partial charge in [0.25, 0.3) is 0 Å². The van der Waals surface area contributed by atoms with Crippen LogP contribution in [0.1, 0.15) is 10.4 Å². The summed E-state index contributed by atoms with van der Waals surface area (Å²) in [6, 6.07) is 5.04. The van der Waals surface area contributed by atoms with Crippen molar-refractivity contribution in [2.75, 3.05) is 5.73 Å². The topological polar surface area (TPSA) is 118 Å². The number of oxazole rings is 1. The Morgan fingerprint density at radius 2 is 2.22 bits per heavy atom. The van der Waals surface area contributed by atoms with Gasteiger partial charge >= 0.3 is 5.76 Å². The average molecular weight is 244 g/mol. The van der Waals surface area contributed by atoms with E-state index < -0.39 is 5.76 Å². The summed E-state index contributed by atoms with van der Waals surface area (Å²) in [5.74, 6) is -0.391. The summed E-state index contributed by atoms with van der Waals surface area (Å²) in [5.41, 5.74) is 7.99. The number of rotatable bonds is 2. The van der Waals surface area contributed by atoms with Gasteiger partial charge in [0.2, 0.25) is 0 Å². The maximum Gasteiger partial charge on any atom is 0.417 e. The van der Waals surface area contributed by atoms with Gasteiger partial charge < -0.3 is 10.2 Å². The summed E-state index contributed by atoms with van der Waals surface area (Å²) < 4.78 is 4.95. The molecule has 0 atom stereocenters. The summed E-state index contributed by atoms with van der Waals surface area (Å²) in [6.07, 6.45) is 0.631. The molecule has 0 saturated carbocycles. The van der Waals surface area contributed by atoms with Gasteiger partial charge in [-0.15, -0.1) is 0 Å². The molecule has 2 aromatic heterocycles. The molecule has 0 fully saturated rings. The second-order valence-corrected chi connectivity index (χ2v) is 3.74. The van der Waals surface area contributed by atoms with E-state index >= 15 is 0 Å². The SMILES string of the molecule is Nc1n[nH]c(-c2ccc3[nH]c(=O)oc3c2)c1C=O. The lowest BCUT2D eigenvalue weighted by atomic mass is 10.1. The summed E-state index contributed by atoms with van der Waals surface area (Å²) in [7, 11) is 0. The van der Waals surface area contributed by atoms with E-state index in [0.29, 0.717) is 28.6 Å². The van der Waals surface area contributed by atoms with Crippen molar-refractivity contribution in [2.24, 2.45) is 0 Å². The zero-order chi connectivity index (χ0) is 12.7. The molecule has 0 aliphatic heterocycles. The molecule has 0 radical (unpaired) electrons. The Kier molecular flexibility index (Phi) is 2.06. The molecule has 0 unspecified atom stereocenters. The summed E-state index contributed by atoms with van der Waals surface area (Å²) >= 11 is 0. The lowest BCUT2D eigenvalue weighted by Gasteiger charge is -1.98. The fourth-order valence-corrected chi connectivity index (χ4v) is 1.80. The molecule has 3 rings (SSSR count). The first kappa shape index (κ1) is 10.3. The average Bonchev–Trinajstić information content (AvgIpc) is 2.89. The van der Waals surface area contributed by atoms with E-state index in [-0.39, 0.29) is 11.4 Å². The molecule has 0 aliphatic rings. The van der Waals surface area contributed by atoms with E-state index in [1.54, 1.807) is 18.2 Å². The second-order valence-electron chi connectivity index (χ2n) is 3.74. The zero-order valence-corrected chi connectivity index (χ0v) is 9.06. The van der Waals surface area contributed by atoms with Gasteiger partial charge in [0, 0.05) is 5.56 Å². The Morgan fingerprint density at radius 1 is 1.39 bits per heavy atom. The highest BCUT2D eigenvalue weighted by Crippen LogP contribution is 2.26. The van der Waals surface area contributed by atoms with Gasteiger partial charge in [0.1, 0.15) is 0 Å². The molecule has 3 aromatic rings. The predicted molar refractivity (Wildman–Crippen MR) is 64.2 cm³/mol. The molecule has 90 valence electrons. The number of benzene rings is 1. The summed E-state index contributed by atoms with van der Waals surface area (Å²) in [6.45, 7) is 0. The number of carbonyl (C=O) groups excluding carboxylic acids is 1. The first-order chi connectivity index (χ1) is 8.69. The molecule has 1 aromatic carbocycles. The van der Waals surface area contributed by atoms with Crippen molar-refractivity contribution in [3.05, 3.63) is 34.3 Å². The van der Waals surface area contributed by atoms with Crippen LogP contribution in [0.25, 0.3) is 22.4 Å². The monoisotopic (exact) mass is 244 g/mol. The minimum Gasteiger partial charge on any atom is -0.408 e. The molecule has 7 heteroatoms. The summed E-state index contributed by atoms with van der Waals surface area (Å²) in [4.78, 5) is 24.5. The van der Waals surface area contributed by atoms with E-state index in [2.05, 4.69) is 15.2 Å². The van der Waals surface area contributed by atoms with Crippen molar-refractivity contribution in [3.8, 4) is 11.3 Å². The maximum atomic E-state index is 11.0. The Hall–Kier alpha value is -2.83. The smallest absolute Gasteiger partial charge is 0.408 e. The largest absolute Gasteiger partial charge is 0.417 e. The van der Waals surface area contributed by atoms with Gasteiger partial charge in [-0.05, 0) is 12.1 Å². The number of H-pyrrole nitrogens is 2. The molecule has 0 spiro atoms. The van der Waals surface area contributed by atoms with Crippen LogP contribution in [0, 0.1) is 0 Å². The number of aldehydes is 1. The quantitative estimate of drug-likeness (QED) is 0.579. The van der Waals surface area contributed by atoms with Crippen LogP contribution in [-0.4, -0.2) is 21.5 Å². The Bertz CT molecular complexity index is 796. The van der Waals surface area contributed by atoms with Crippen LogP contribution < -0.4 is 11.5 Å². The third-order valence-electron chi connectivity index (χ3n) is 2.66. The standard InChI is InChI=1S/C11H8N4O3/c12-10-6(4-16)9(14-15-10)5-1-2-7-8(3-5)18-11(17)13-7/h1-4H,(H,13,17)(H3,12,14,15). The molecular weight excluding hydrogens is 236 g/mol. The number of carbonyl (C=O) groups is 1. The second kappa shape index (κ2) is 3.59. The number of hydrogen-bond acceptors (Lipinski definition) is 5. The van der Waals surface area contributed by atoms with Crippen LogP contribution in [0.4, 0.5) is 5.82 Å². The molecule has 0 aliphatic carbocycles. The van der Waals surface area contributed by atoms with Gasteiger partial charge in [0.05, 0.1) is 16.8 Å². The fraction of sp³-hybridized carbons (Fsp3) is 0. The Morgan fingerprint density at radius 3 is 3.00 bits per heavy atom. The van der Waals surface area contributed by atoms with Crippen molar-refractivity contribution in [1.82, 2.24) is 15.2 Å². The van der Waals surface area contributed by atoms with Crippen molar-refractivity contribution in [1.29, 1.82) is 0 Å². The van der Waals surface area contributed by atoms with Crippen LogP contribution in [0.15, 0.2) is 27.4 Å². The van der Waals surface area contributed by atoms with E-state index in [1.807, 2.05) is 0 Å². The highest BCUT2D eigenvalue weighted by atomic mass is 16.4. The molecule has 2 heterocycles. The number of nitrogens with one attached hydrogen (secondary N) is 2. The number of fused-ring (bicyclic) bond motifs is 1. The number of aromatic nitrogens is 3. The van der Waals surface area contributed by atoms with E-state index in [0.717, 1.165) is 0 Å². The zero-order valence-electron chi connectivity index (χ0n) is 9.06. The number of aromatic amines is 2. The molecule has 7 nitrogen and oxygen atoms in total. The molecule has 0 bridgehead atoms. The van der Waals surface area contributed by atoms with Gasteiger partial charge in [-0.25, -0.2) is 4.79 Å². The molecule has 4 N–H and O–H groups in total. The van der Waals surface area contributed by atoms with Crippen LogP contribution >= 0.6 is 0 Å². The number of nitrogens with two attached hydrogens (primary N) is 1. The van der Waals surface area contributed by atoms with Crippen LogP contribution in [0.5, 0.6) is 0 Å². The van der Waals surface area contributed by atoms with Gasteiger partial charge in [-0.3, -0.25) is 14.9 Å². The lowest BCUT2D eigenvalue weighted by molar-refractivity contribution is 0.112. The lowest BCUT2D eigenvalue weighted by Crippen LogP contribution is -1.92. The molecule has 18 heavy (non-hydrogen) atoms. The number of anilines is 1. The van der Waals surface area contributed by atoms with Crippen LogP contribution in [0.3, 0.4) is 0 Å². The van der Waals surface area contributed by atoms with Gasteiger partial charge in [0.15, 0.2) is 17.7 Å². The minimum atomic E-state index is -0.526. The third kappa shape index (κ3) is 1.41.